The van der Waals surface area contributed by atoms with Crippen LogP contribution < -0.4 is 10.1 Å². The van der Waals surface area contributed by atoms with Gasteiger partial charge in [0.25, 0.3) is 0 Å². The van der Waals surface area contributed by atoms with E-state index in [1.165, 1.54) is 0 Å². The summed E-state index contributed by atoms with van der Waals surface area (Å²) in [4.78, 5) is 4.49. The first-order valence-corrected chi connectivity index (χ1v) is 6.90. The van der Waals surface area contributed by atoms with Gasteiger partial charge in [-0.05, 0) is 33.0 Å². The van der Waals surface area contributed by atoms with Gasteiger partial charge in [-0.3, -0.25) is 0 Å². The molecule has 2 aromatic rings. The molecule has 5 nitrogen and oxygen atoms in total. The molecule has 2 unspecified atom stereocenters. The van der Waals surface area contributed by atoms with E-state index in [1.54, 1.807) is 0 Å². The Bertz CT molecular complexity index is 554. The van der Waals surface area contributed by atoms with Gasteiger partial charge in [0.15, 0.2) is 0 Å². The molecule has 2 rings (SSSR count). The summed E-state index contributed by atoms with van der Waals surface area (Å²) < 4.78 is 11.0. The smallest absolute Gasteiger partial charge is 0.231 e. The second-order valence-corrected chi connectivity index (χ2v) is 4.75. The summed E-state index contributed by atoms with van der Waals surface area (Å²) in [5.41, 5.74) is 0.855. The van der Waals surface area contributed by atoms with Crippen molar-refractivity contribution in [3.05, 3.63) is 30.2 Å². The van der Waals surface area contributed by atoms with Crippen LogP contribution in [-0.2, 0) is 0 Å². The number of para-hydroxylation sites is 1. The van der Waals surface area contributed by atoms with Crippen LogP contribution in [0.5, 0.6) is 5.75 Å². The number of benzene rings is 1. The molecule has 1 aromatic carbocycles. The Kier molecular flexibility index (Phi) is 4.74. The third-order valence-electron chi connectivity index (χ3n) is 3.46. The summed E-state index contributed by atoms with van der Waals surface area (Å²) in [6, 6.07) is 7.99. The number of nitrogens with one attached hydrogen (secondary N) is 1. The SMILES string of the molecule is CCOc1ccccc1-c1noc(C(C)C(C)NC)n1. The van der Waals surface area contributed by atoms with Gasteiger partial charge in [0.2, 0.25) is 11.7 Å². The number of nitrogens with zero attached hydrogens (tertiary/aromatic N) is 2. The van der Waals surface area contributed by atoms with Gasteiger partial charge < -0.3 is 14.6 Å². The Hall–Kier alpha value is -1.88. The van der Waals surface area contributed by atoms with Gasteiger partial charge in [0, 0.05) is 6.04 Å². The molecule has 0 aliphatic heterocycles. The first-order chi connectivity index (χ1) is 9.67. The van der Waals surface area contributed by atoms with Crippen molar-refractivity contribution in [3.8, 4) is 17.1 Å². The minimum atomic E-state index is 0.153. The van der Waals surface area contributed by atoms with Gasteiger partial charge in [-0.15, -0.1) is 0 Å². The maximum atomic E-state index is 5.60. The highest BCUT2D eigenvalue weighted by molar-refractivity contribution is 5.63. The number of ether oxygens (including phenoxy) is 1. The molecule has 20 heavy (non-hydrogen) atoms. The number of hydrogen-bond acceptors (Lipinski definition) is 5. The summed E-state index contributed by atoms with van der Waals surface area (Å²) in [6.07, 6.45) is 0. The van der Waals surface area contributed by atoms with Gasteiger partial charge in [-0.1, -0.05) is 24.2 Å². The van der Waals surface area contributed by atoms with Crippen molar-refractivity contribution < 1.29 is 9.26 Å². The maximum absolute atomic E-state index is 5.60. The van der Waals surface area contributed by atoms with E-state index in [-0.39, 0.29) is 12.0 Å². The minimum Gasteiger partial charge on any atom is -0.493 e. The van der Waals surface area contributed by atoms with E-state index in [1.807, 2.05) is 38.2 Å². The fraction of sp³-hybridized carbons (Fsp3) is 0.467. The lowest BCUT2D eigenvalue weighted by atomic mass is 10.0. The summed E-state index contributed by atoms with van der Waals surface area (Å²) in [6.45, 7) is 6.71. The fourth-order valence-electron chi connectivity index (χ4n) is 1.93. The quantitative estimate of drug-likeness (QED) is 0.878. The van der Waals surface area contributed by atoms with Crippen molar-refractivity contribution in [3.63, 3.8) is 0 Å². The van der Waals surface area contributed by atoms with Gasteiger partial charge >= 0.3 is 0 Å². The average molecular weight is 275 g/mol. The molecule has 2 atom stereocenters. The minimum absolute atomic E-state index is 0.153. The summed E-state index contributed by atoms with van der Waals surface area (Å²) in [5.74, 6) is 2.13. The highest BCUT2D eigenvalue weighted by Gasteiger charge is 2.21. The molecule has 108 valence electrons. The lowest BCUT2D eigenvalue weighted by molar-refractivity contribution is 0.334. The van der Waals surface area contributed by atoms with E-state index in [4.69, 9.17) is 9.26 Å². The van der Waals surface area contributed by atoms with Crippen LogP contribution in [0.3, 0.4) is 0 Å². The number of aromatic nitrogens is 2. The number of rotatable bonds is 6. The molecule has 5 heteroatoms. The number of likely N-dealkylation sites (N-methyl/N-ethyl adjacent to an activating group) is 1. The molecule has 0 saturated carbocycles. The van der Waals surface area contributed by atoms with Crippen LogP contribution >= 0.6 is 0 Å². The first kappa shape index (κ1) is 14.5. The molecule has 1 heterocycles. The van der Waals surface area contributed by atoms with Crippen LogP contribution in [0.2, 0.25) is 0 Å². The summed E-state index contributed by atoms with van der Waals surface area (Å²) >= 11 is 0. The largest absolute Gasteiger partial charge is 0.493 e. The molecule has 0 radical (unpaired) electrons. The highest BCUT2D eigenvalue weighted by Crippen LogP contribution is 2.29. The van der Waals surface area contributed by atoms with E-state index in [9.17, 15) is 0 Å². The second-order valence-electron chi connectivity index (χ2n) is 4.75. The monoisotopic (exact) mass is 275 g/mol. The van der Waals surface area contributed by atoms with E-state index < -0.39 is 0 Å². The molecule has 0 saturated heterocycles. The third kappa shape index (κ3) is 2.99. The lowest BCUT2D eigenvalue weighted by Gasteiger charge is -2.14. The van der Waals surface area contributed by atoms with Crippen molar-refractivity contribution in [1.82, 2.24) is 15.5 Å². The molecule has 0 aliphatic carbocycles. The standard InChI is InChI=1S/C15H21N3O2/c1-5-19-13-9-7-6-8-12(13)14-17-15(20-18-14)10(2)11(3)16-4/h6-11,16H,5H2,1-4H3. The summed E-state index contributed by atoms with van der Waals surface area (Å²) in [5, 5.41) is 7.26. The van der Waals surface area contributed by atoms with Crippen LogP contribution in [0.25, 0.3) is 11.4 Å². The Balaban J connectivity index is 2.29. The van der Waals surface area contributed by atoms with E-state index in [0.29, 0.717) is 18.3 Å². The summed E-state index contributed by atoms with van der Waals surface area (Å²) in [7, 11) is 1.92. The van der Waals surface area contributed by atoms with Crippen LogP contribution in [-0.4, -0.2) is 29.8 Å². The topological polar surface area (TPSA) is 60.2 Å². The Labute approximate surface area is 119 Å². The molecule has 0 bridgehead atoms. The lowest BCUT2D eigenvalue weighted by Crippen LogP contribution is -2.27. The fourth-order valence-corrected chi connectivity index (χ4v) is 1.93. The van der Waals surface area contributed by atoms with Crippen molar-refractivity contribution in [2.75, 3.05) is 13.7 Å². The molecule has 0 aliphatic rings. The van der Waals surface area contributed by atoms with Gasteiger partial charge in [0.05, 0.1) is 18.1 Å². The van der Waals surface area contributed by atoms with Crippen molar-refractivity contribution in [1.29, 1.82) is 0 Å². The van der Waals surface area contributed by atoms with Gasteiger partial charge in [0.1, 0.15) is 5.75 Å². The normalized spacial score (nSPS) is 14.0. The molecular formula is C15H21N3O2. The molecule has 0 fully saturated rings. The van der Waals surface area contributed by atoms with Crippen LogP contribution in [0.4, 0.5) is 0 Å². The Morgan fingerprint density at radius 1 is 1.30 bits per heavy atom. The predicted octanol–water partition coefficient (Wildman–Crippen LogP) is 2.85. The van der Waals surface area contributed by atoms with E-state index in [2.05, 4.69) is 29.3 Å². The molecule has 1 aromatic heterocycles. The Morgan fingerprint density at radius 2 is 2.05 bits per heavy atom. The second kappa shape index (κ2) is 6.52. The Morgan fingerprint density at radius 3 is 2.75 bits per heavy atom. The van der Waals surface area contributed by atoms with Gasteiger partial charge in [-0.25, -0.2) is 0 Å². The first-order valence-electron chi connectivity index (χ1n) is 6.90. The zero-order chi connectivity index (χ0) is 14.5. The maximum Gasteiger partial charge on any atom is 0.231 e. The van der Waals surface area contributed by atoms with Gasteiger partial charge in [-0.2, -0.15) is 4.98 Å². The van der Waals surface area contributed by atoms with Crippen LogP contribution in [0, 0.1) is 0 Å². The molecule has 0 amide bonds. The number of hydrogen-bond donors (Lipinski definition) is 1. The molecular weight excluding hydrogens is 254 g/mol. The van der Waals surface area contributed by atoms with E-state index >= 15 is 0 Å². The predicted molar refractivity (Wildman–Crippen MR) is 77.8 cm³/mol. The average Bonchev–Trinajstić information content (AvgIpc) is 2.96. The van der Waals surface area contributed by atoms with Crippen LogP contribution in [0.15, 0.2) is 28.8 Å². The third-order valence-corrected chi connectivity index (χ3v) is 3.46. The zero-order valence-electron chi connectivity index (χ0n) is 12.4. The van der Waals surface area contributed by atoms with Crippen molar-refractivity contribution >= 4 is 0 Å². The molecule has 1 N–H and O–H groups in total. The zero-order valence-corrected chi connectivity index (χ0v) is 12.4. The van der Waals surface area contributed by atoms with Crippen molar-refractivity contribution in [2.45, 2.75) is 32.7 Å². The van der Waals surface area contributed by atoms with E-state index in [0.717, 1.165) is 11.3 Å². The molecule has 0 spiro atoms. The van der Waals surface area contributed by atoms with Crippen molar-refractivity contribution in [2.24, 2.45) is 0 Å². The highest BCUT2D eigenvalue weighted by atomic mass is 16.5. The van der Waals surface area contributed by atoms with Crippen LogP contribution in [0.1, 0.15) is 32.6 Å².